The first-order chi connectivity index (χ1) is 13.7. The standard InChI is InChI=1S/C22H23N3O3S/c1-15-4-10-20(11-5-15)25-29(27,28)21-12-19(9-6-16(21)2)22(26)24-14-18-8-7-17(3)23-13-18/h4-13,25H,14H2,1-3H3,(H,24,26). The number of carbonyl (C=O) groups excluding carboxylic acids is 1. The van der Waals surface area contributed by atoms with E-state index in [2.05, 4.69) is 15.0 Å². The van der Waals surface area contributed by atoms with Crippen LogP contribution in [0.15, 0.2) is 65.7 Å². The number of aryl methyl sites for hydroxylation is 3. The van der Waals surface area contributed by atoms with Crippen LogP contribution in [0.4, 0.5) is 5.69 Å². The summed E-state index contributed by atoms with van der Waals surface area (Å²) < 4.78 is 28.2. The normalized spacial score (nSPS) is 11.1. The fourth-order valence-electron chi connectivity index (χ4n) is 2.75. The molecule has 0 aliphatic rings. The summed E-state index contributed by atoms with van der Waals surface area (Å²) in [6.45, 7) is 5.82. The highest BCUT2D eigenvalue weighted by atomic mass is 32.2. The Morgan fingerprint density at radius 1 is 0.966 bits per heavy atom. The van der Waals surface area contributed by atoms with E-state index in [4.69, 9.17) is 0 Å². The molecule has 0 spiro atoms. The number of aromatic nitrogens is 1. The van der Waals surface area contributed by atoms with Gasteiger partial charge in [-0.15, -0.1) is 0 Å². The zero-order valence-electron chi connectivity index (χ0n) is 16.6. The molecule has 3 aromatic rings. The van der Waals surface area contributed by atoms with Gasteiger partial charge in [0.25, 0.3) is 15.9 Å². The summed E-state index contributed by atoms with van der Waals surface area (Å²) in [7, 11) is -3.82. The van der Waals surface area contributed by atoms with Crippen molar-refractivity contribution >= 4 is 21.6 Å². The molecule has 1 aromatic heterocycles. The minimum absolute atomic E-state index is 0.0720. The van der Waals surface area contributed by atoms with E-state index in [9.17, 15) is 13.2 Å². The van der Waals surface area contributed by atoms with Gasteiger partial charge in [-0.1, -0.05) is 29.8 Å². The van der Waals surface area contributed by atoms with Gasteiger partial charge in [-0.25, -0.2) is 8.42 Å². The second kappa shape index (κ2) is 8.45. The number of nitrogens with zero attached hydrogens (tertiary/aromatic N) is 1. The van der Waals surface area contributed by atoms with Gasteiger partial charge in [0.05, 0.1) is 4.90 Å². The third kappa shape index (κ3) is 5.20. The van der Waals surface area contributed by atoms with Crippen LogP contribution < -0.4 is 10.0 Å². The van der Waals surface area contributed by atoms with E-state index < -0.39 is 10.0 Å². The summed E-state index contributed by atoms with van der Waals surface area (Å²) in [5.74, 6) is -0.350. The smallest absolute Gasteiger partial charge is 0.262 e. The molecule has 7 heteroatoms. The van der Waals surface area contributed by atoms with Crippen molar-refractivity contribution in [3.63, 3.8) is 0 Å². The quantitative estimate of drug-likeness (QED) is 0.649. The van der Waals surface area contributed by atoms with Gasteiger partial charge in [-0.05, 0) is 62.2 Å². The van der Waals surface area contributed by atoms with Gasteiger partial charge in [-0.2, -0.15) is 0 Å². The predicted molar refractivity (Wildman–Crippen MR) is 113 cm³/mol. The summed E-state index contributed by atoms with van der Waals surface area (Å²) in [6, 6.07) is 15.5. The number of carbonyl (C=O) groups is 1. The molecule has 0 radical (unpaired) electrons. The first-order valence-corrected chi connectivity index (χ1v) is 10.6. The molecule has 0 aliphatic heterocycles. The summed E-state index contributed by atoms with van der Waals surface area (Å²) in [5, 5.41) is 2.79. The molecule has 6 nitrogen and oxygen atoms in total. The van der Waals surface area contributed by atoms with Crippen LogP contribution in [0.2, 0.25) is 0 Å². The van der Waals surface area contributed by atoms with Crippen molar-refractivity contribution in [1.82, 2.24) is 10.3 Å². The van der Waals surface area contributed by atoms with E-state index in [0.29, 0.717) is 17.8 Å². The molecule has 0 unspecified atom stereocenters. The minimum atomic E-state index is -3.82. The number of amides is 1. The predicted octanol–water partition coefficient (Wildman–Crippen LogP) is 3.74. The number of pyridine rings is 1. The molecule has 0 saturated carbocycles. The van der Waals surface area contributed by atoms with Crippen molar-refractivity contribution in [2.75, 3.05) is 4.72 Å². The zero-order chi connectivity index (χ0) is 21.0. The molecule has 1 heterocycles. The maximum atomic E-state index is 12.8. The average Bonchev–Trinajstić information content (AvgIpc) is 2.69. The van der Waals surface area contributed by atoms with Crippen LogP contribution in [0.25, 0.3) is 0 Å². The first kappa shape index (κ1) is 20.5. The Hall–Kier alpha value is -3.19. The Balaban J connectivity index is 1.78. The highest BCUT2D eigenvalue weighted by molar-refractivity contribution is 7.92. The zero-order valence-corrected chi connectivity index (χ0v) is 17.4. The SMILES string of the molecule is Cc1ccc(NS(=O)(=O)c2cc(C(=O)NCc3ccc(C)nc3)ccc2C)cc1. The number of benzene rings is 2. The summed E-state index contributed by atoms with van der Waals surface area (Å²) in [6.07, 6.45) is 1.70. The van der Waals surface area contributed by atoms with Crippen molar-refractivity contribution < 1.29 is 13.2 Å². The van der Waals surface area contributed by atoms with E-state index in [0.717, 1.165) is 16.8 Å². The number of hydrogen-bond donors (Lipinski definition) is 2. The van der Waals surface area contributed by atoms with Gasteiger partial charge in [0.15, 0.2) is 0 Å². The van der Waals surface area contributed by atoms with Crippen LogP contribution >= 0.6 is 0 Å². The number of anilines is 1. The molecule has 2 aromatic carbocycles. The number of hydrogen-bond acceptors (Lipinski definition) is 4. The van der Waals surface area contributed by atoms with Crippen LogP contribution in [0.1, 0.15) is 32.7 Å². The molecule has 3 rings (SSSR count). The fraction of sp³-hybridized carbons (Fsp3) is 0.182. The van der Waals surface area contributed by atoms with Crippen molar-refractivity contribution in [1.29, 1.82) is 0 Å². The lowest BCUT2D eigenvalue weighted by Crippen LogP contribution is -2.23. The second-order valence-corrected chi connectivity index (χ2v) is 8.59. The highest BCUT2D eigenvalue weighted by Gasteiger charge is 2.19. The third-order valence-corrected chi connectivity index (χ3v) is 5.99. The van der Waals surface area contributed by atoms with E-state index >= 15 is 0 Å². The molecule has 0 saturated heterocycles. The summed E-state index contributed by atoms with van der Waals surface area (Å²) in [5.41, 5.74) is 4.10. The molecule has 0 fully saturated rings. The van der Waals surface area contributed by atoms with E-state index in [1.807, 2.05) is 38.1 Å². The van der Waals surface area contributed by atoms with Gasteiger partial charge in [0, 0.05) is 29.7 Å². The van der Waals surface area contributed by atoms with Crippen LogP contribution in [0.3, 0.4) is 0 Å². The Bertz CT molecular complexity index is 1120. The second-order valence-electron chi connectivity index (χ2n) is 6.94. The number of nitrogens with one attached hydrogen (secondary N) is 2. The highest BCUT2D eigenvalue weighted by Crippen LogP contribution is 2.21. The Labute approximate surface area is 171 Å². The fourth-order valence-corrected chi connectivity index (χ4v) is 4.08. The first-order valence-electron chi connectivity index (χ1n) is 9.14. The molecule has 29 heavy (non-hydrogen) atoms. The van der Waals surface area contributed by atoms with Crippen molar-refractivity contribution in [2.45, 2.75) is 32.2 Å². The Kier molecular flexibility index (Phi) is 5.98. The molecule has 0 atom stereocenters. The van der Waals surface area contributed by atoms with Gasteiger partial charge >= 0.3 is 0 Å². The number of rotatable bonds is 6. The van der Waals surface area contributed by atoms with Gasteiger partial charge in [0.2, 0.25) is 0 Å². The summed E-state index contributed by atoms with van der Waals surface area (Å²) in [4.78, 5) is 16.8. The third-order valence-electron chi connectivity index (χ3n) is 4.47. The van der Waals surface area contributed by atoms with Gasteiger partial charge in [-0.3, -0.25) is 14.5 Å². The molecule has 150 valence electrons. The van der Waals surface area contributed by atoms with Crippen molar-refractivity contribution in [3.05, 3.63) is 88.7 Å². The van der Waals surface area contributed by atoms with Crippen molar-refractivity contribution in [2.24, 2.45) is 0 Å². The number of sulfonamides is 1. The average molecular weight is 410 g/mol. The minimum Gasteiger partial charge on any atom is -0.348 e. The van der Waals surface area contributed by atoms with Crippen LogP contribution in [-0.4, -0.2) is 19.3 Å². The Morgan fingerprint density at radius 3 is 2.34 bits per heavy atom. The van der Waals surface area contributed by atoms with Gasteiger partial charge in [0.1, 0.15) is 0 Å². The molecule has 0 aliphatic carbocycles. The van der Waals surface area contributed by atoms with Crippen molar-refractivity contribution in [3.8, 4) is 0 Å². The lowest BCUT2D eigenvalue weighted by molar-refractivity contribution is 0.0950. The lowest BCUT2D eigenvalue weighted by Gasteiger charge is -2.12. The topological polar surface area (TPSA) is 88.2 Å². The molecular weight excluding hydrogens is 386 g/mol. The van der Waals surface area contributed by atoms with Crippen LogP contribution in [-0.2, 0) is 16.6 Å². The Morgan fingerprint density at radius 2 is 1.69 bits per heavy atom. The summed E-state index contributed by atoms with van der Waals surface area (Å²) >= 11 is 0. The molecular formula is C22H23N3O3S. The maximum Gasteiger partial charge on any atom is 0.262 e. The van der Waals surface area contributed by atoms with Gasteiger partial charge < -0.3 is 5.32 Å². The molecule has 1 amide bonds. The van der Waals surface area contributed by atoms with E-state index in [-0.39, 0.29) is 16.4 Å². The molecule has 0 bridgehead atoms. The van der Waals surface area contributed by atoms with E-state index in [1.54, 1.807) is 37.4 Å². The molecule has 2 N–H and O–H groups in total. The van der Waals surface area contributed by atoms with E-state index in [1.165, 1.54) is 6.07 Å². The van der Waals surface area contributed by atoms with Crippen LogP contribution in [0.5, 0.6) is 0 Å². The lowest BCUT2D eigenvalue weighted by atomic mass is 10.1. The van der Waals surface area contributed by atoms with Crippen LogP contribution in [0, 0.1) is 20.8 Å². The monoisotopic (exact) mass is 409 g/mol. The largest absolute Gasteiger partial charge is 0.348 e. The maximum absolute atomic E-state index is 12.8.